The fraction of sp³-hybridized carbons (Fsp3) is 0.333. The number of nitriles is 1. The summed E-state index contributed by atoms with van der Waals surface area (Å²) in [7, 11) is 1.27. The molecule has 0 saturated carbocycles. The number of esters is 1. The van der Waals surface area contributed by atoms with Gasteiger partial charge in [0.25, 0.3) is 0 Å². The number of ketones is 1. The molecule has 0 aliphatic rings. The number of rotatable bonds is 7. The molecular formula is C21H22N2O5. The Labute approximate surface area is 163 Å². The van der Waals surface area contributed by atoms with E-state index in [2.05, 4.69) is 10.8 Å². The lowest BCUT2D eigenvalue weighted by atomic mass is 9.73. The van der Waals surface area contributed by atoms with Crippen molar-refractivity contribution in [3.8, 4) is 6.07 Å². The Morgan fingerprint density at radius 1 is 1.21 bits per heavy atom. The molecule has 0 amide bonds. The number of Topliss-reactive ketones (excluding diaryl/α,β-unsaturated/α-hetero) is 1. The highest BCUT2D eigenvalue weighted by Crippen LogP contribution is 2.35. The van der Waals surface area contributed by atoms with E-state index < -0.39 is 22.8 Å². The highest BCUT2D eigenvalue weighted by atomic mass is 16.5. The molecule has 7 heteroatoms. The first kappa shape index (κ1) is 21.1. The summed E-state index contributed by atoms with van der Waals surface area (Å²) in [5, 5.41) is 32.4. The maximum Gasteiger partial charge on any atom is 0.337 e. The first-order valence-electron chi connectivity index (χ1n) is 8.70. The van der Waals surface area contributed by atoms with E-state index in [1.54, 1.807) is 24.3 Å². The van der Waals surface area contributed by atoms with Crippen LogP contribution in [0.4, 0.5) is 0 Å². The molecule has 0 aliphatic heterocycles. The lowest BCUT2D eigenvalue weighted by molar-refractivity contribution is -0.616. The van der Waals surface area contributed by atoms with Crippen molar-refractivity contribution in [1.29, 1.82) is 5.26 Å². The molecule has 0 radical (unpaired) electrons. The number of aromatic nitrogens is 1. The van der Waals surface area contributed by atoms with E-state index in [0.29, 0.717) is 15.9 Å². The summed E-state index contributed by atoms with van der Waals surface area (Å²) in [6.45, 7) is 2.76. The Morgan fingerprint density at radius 2 is 1.86 bits per heavy atom. The van der Waals surface area contributed by atoms with Crippen LogP contribution < -0.4 is 4.73 Å². The zero-order chi connectivity index (χ0) is 20.9. The third-order valence-corrected chi connectivity index (χ3v) is 4.66. The predicted molar refractivity (Wildman–Crippen MR) is 100 cm³/mol. The molecule has 146 valence electrons. The summed E-state index contributed by atoms with van der Waals surface area (Å²) in [6.07, 6.45) is 1.17. The number of nitrogens with zero attached hydrogens (tertiary/aromatic N) is 2. The average molecular weight is 382 g/mol. The summed E-state index contributed by atoms with van der Waals surface area (Å²) >= 11 is 0. The largest absolute Gasteiger partial charge is 0.618 e. The number of hydrogen-bond acceptors (Lipinski definition) is 6. The molecule has 0 unspecified atom stereocenters. The minimum Gasteiger partial charge on any atom is -0.618 e. The van der Waals surface area contributed by atoms with Crippen molar-refractivity contribution in [2.75, 3.05) is 7.11 Å². The summed E-state index contributed by atoms with van der Waals surface area (Å²) < 4.78 is 5.27. The molecule has 1 heterocycles. The Morgan fingerprint density at radius 3 is 2.36 bits per heavy atom. The Balaban J connectivity index is 2.55. The monoisotopic (exact) mass is 382 g/mol. The third-order valence-electron chi connectivity index (χ3n) is 4.66. The van der Waals surface area contributed by atoms with Crippen LogP contribution in [0.15, 0.2) is 48.7 Å². The summed E-state index contributed by atoms with van der Waals surface area (Å²) in [5.41, 5.74) is -2.05. The lowest BCUT2D eigenvalue weighted by Gasteiger charge is -2.26. The van der Waals surface area contributed by atoms with Crippen LogP contribution in [-0.2, 0) is 14.9 Å². The fourth-order valence-electron chi connectivity index (χ4n) is 2.97. The molecule has 0 bridgehead atoms. The van der Waals surface area contributed by atoms with Gasteiger partial charge in [-0.15, -0.1) is 0 Å². The van der Waals surface area contributed by atoms with E-state index >= 15 is 0 Å². The van der Waals surface area contributed by atoms with Gasteiger partial charge < -0.3 is 15.1 Å². The lowest BCUT2D eigenvalue weighted by Crippen LogP contribution is -2.43. The van der Waals surface area contributed by atoms with E-state index in [1.165, 1.54) is 45.4 Å². The van der Waals surface area contributed by atoms with Crippen LogP contribution in [0.1, 0.15) is 48.3 Å². The molecule has 2 aromatic rings. The normalized spacial score (nSPS) is 13.2. The summed E-state index contributed by atoms with van der Waals surface area (Å²) in [5.74, 6) is -0.961. The fourth-order valence-corrected chi connectivity index (χ4v) is 2.97. The van der Waals surface area contributed by atoms with Gasteiger partial charge in [-0.2, -0.15) is 9.99 Å². The zero-order valence-electron chi connectivity index (χ0n) is 16.0. The van der Waals surface area contributed by atoms with Gasteiger partial charge in [0.15, 0.2) is 17.4 Å². The number of hydrogen-bond donors (Lipinski definition) is 1. The van der Waals surface area contributed by atoms with Crippen molar-refractivity contribution in [1.82, 2.24) is 0 Å². The topological polar surface area (TPSA) is 114 Å². The van der Waals surface area contributed by atoms with Gasteiger partial charge in [-0.25, -0.2) is 4.79 Å². The maximum atomic E-state index is 12.4. The molecule has 0 spiro atoms. The minimum absolute atomic E-state index is 0.00382. The highest BCUT2D eigenvalue weighted by Gasteiger charge is 2.42. The molecule has 28 heavy (non-hydrogen) atoms. The van der Waals surface area contributed by atoms with Gasteiger partial charge in [0, 0.05) is 18.6 Å². The second-order valence-electron chi connectivity index (χ2n) is 6.98. The molecule has 0 fully saturated rings. The van der Waals surface area contributed by atoms with Gasteiger partial charge in [-0.3, -0.25) is 4.79 Å². The smallest absolute Gasteiger partial charge is 0.337 e. The zero-order valence-corrected chi connectivity index (χ0v) is 16.0. The van der Waals surface area contributed by atoms with E-state index in [4.69, 9.17) is 0 Å². The summed E-state index contributed by atoms with van der Waals surface area (Å²) in [4.78, 5) is 23.9. The van der Waals surface area contributed by atoms with Crippen molar-refractivity contribution in [2.24, 2.45) is 0 Å². The second-order valence-corrected chi connectivity index (χ2v) is 6.98. The standard InChI is InChI=1S/C21H22N2O5/c1-20(2,26)18(24)11-12-21(14-22,17-6-4-5-13-23(17)27)16-9-7-15(8-10-16)19(25)28-3/h4-10,13,26H,11-12H2,1-3H3/t21-/m1/s1. The number of aliphatic hydroxyl groups is 1. The van der Waals surface area contributed by atoms with Crippen LogP contribution in [0, 0.1) is 16.5 Å². The molecular weight excluding hydrogens is 360 g/mol. The van der Waals surface area contributed by atoms with Crippen LogP contribution >= 0.6 is 0 Å². The molecule has 1 atom stereocenters. The van der Waals surface area contributed by atoms with Crippen molar-refractivity contribution in [3.05, 3.63) is 70.7 Å². The molecule has 1 aromatic carbocycles. The van der Waals surface area contributed by atoms with Crippen LogP contribution in [0.5, 0.6) is 0 Å². The number of methoxy groups -OCH3 is 1. The Kier molecular flexibility index (Phi) is 6.16. The molecule has 7 nitrogen and oxygen atoms in total. The quantitative estimate of drug-likeness (QED) is 0.445. The van der Waals surface area contributed by atoms with E-state index in [9.17, 15) is 25.2 Å². The summed E-state index contributed by atoms with van der Waals surface area (Å²) in [6, 6.07) is 13.0. The van der Waals surface area contributed by atoms with E-state index in [0.717, 1.165) is 0 Å². The average Bonchev–Trinajstić information content (AvgIpc) is 2.68. The van der Waals surface area contributed by atoms with Crippen LogP contribution in [0.3, 0.4) is 0 Å². The SMILES string of the molecule is COC(=O)c1ccc([C@](C#N)(CCC(=O)C(C)(C)O)c2cccc[n+]2[O-])cc1. The molecule has 1 N–H and O–H groups in total. The van der Waals surface area contributed by atoms with Crippen LogP contribution in [-0.4, -0.2) is 29.6 Å². The number of carbonyl (C=O) groups excluding carboxylic acids is 2. The van der Waals surface area contributed by atoms with Gasteiger partial charge in [0.05, 0.1) is 18.7 Å². The Bertz CT molecular complexity index is 910. The van der Waals surface area contributed by atoms with Crippen molar-refractivity contribution >= 4 is 11.8 Å². The van der Waals surface area contributed by atoms with E-state index in [1.807, 2.05) is 0 Å². The first-order chi connectivity index (χ1) is 13.2. The van der Waals surface area contributed by atoms with Gasteiger partial charge >= 0.3 is 5.97 Å². The highest BCUT2D eigenvalue weighted by molar-refractivity contribution is 5.89. The molecule has 2 rings (SSSR count). The van der Waals surface area contributed by atoms with Crippen LogP contribution in [0.25, 0.3) is 0 Å². The predicted octanol–water partition coefficient (Wildman–Crippen LogP) is 2.04. The van der Waals surface area contributed by atoms with Gasteiger partial charge in [-0.1, -0.05) is 12.1 Å². The number of carbonyl (C=O) groups is 2. The number of pyridine rings is 1. The minimum atomic E-state index is -1.54. The molecule has 1 aromatic heterocycles. The maximum absolute atomic E-state index is 12.4. The number of benzene rings is 1. The first-order valence-corrected chi connectivity index (χ1v) is 8.70. The third kappa shape index (κ3) is 4.18. The van der Waals surface area contributed by atoms with Crippen molar-refractivity contribution < 1.29 is 24.2 Å². The Hall–Kier alpha value is -3.24. The molecule has 0 saturated heterocycles. The van der Waals surface area contributed by atoms with Gasteiger partial charge in [-0.05, 0) is 44.0 Å². The second kappa shape index (κ2) is 8.19. The van der Waals surface area contributed by atoms with Crippen LogP contribution in [0.2, 0.25) is 0 Å². The number of ether oxygens (including phenoxy) is 1. The molecule has 0 aliphatic carbocycles. The van der Waals surface area contributed by atoms with Gasteiger partial charge in [0.1, 0.15) is 5.60 Å². The van der Waals surface area contributed by atoms with Gasteiger partial charge in [0.2, 0.25) is 5.69 Å². The van der Waals surface area contributed by atoms with Crippen molar-refractivity contribution in [2.45, 2.75) is 37.7 Å². The van der Waals surface area contributed by atoms with E-state index in [-0.39, 0.29) is 18.5 Å². The van der Waals surface area contributed by atoms with Crippen molar-refractivity contribution in [3.63, 3.8) is 0 Å².